The average Bonchev–Trinajstić information content (AvgIpc) is 3.31. The molecule has 0 aliphatic heterocycles. The molecule has 8 heteroatoms. The number of thiophene rings is 1. The van der Waals surface area contributed by atoms with Crippen LogP contribution in [0.25, 0.3) is 16.0 Å². The van der Waals surface area contributed by atoms with Crippen molar-refractivity contribution in [3.05, 3.63) is 75.9 Å². The molecule has 0 amide bonds. The fraction of sp³-hybridized carbons (Fsp3) is 0.143. The van der Waals surface area contributed by atoms with Crippen molar-refractivity contribution in [2.45, 2.75) is 19.6 Å². The van der Waals surface area contributed by atoms with Crippen LogP contribution in [0.2, 0.25) is 5.02 Å². The Morgan fingerprint density at radius 1 is 1.28 bits per heavy atom. The second kappa shape index (κ2) is 7.87. The first kappa shape index (κ1) is 19.4. The van der Waals surface area contributed by atoms with Gasteiger partial charge in [0.05, 0.1) is 17.6 Å². The van der Waals surface area contributed by atoms with Crippen LogP contribution < -0.4 is 4.74 Å². The van der Waals surface area contributed by atoms with Crippen LogP contribution in [0.15, 0.2) is 54.9 Å². The lowest BCUT2D eigenvalue weighted by atomic mass is 10.1. The van der Waals surface area contributed by atoms with E-state index in [-0.39, 0.29) is 17.2 Å². The molecule has 0 fully saturated rings. The van der Waals surface area contributed by atoms with Gasteiger partial charge >= 0.3 is 5.97 Å². The topological polar surface area (TPSA) is 84.6 Å². The van der Waals surface area contributed by atoms with Crippen LogP contribution in [0.5, 0.6) is 5.75 Å². The third-order valence-corrected chi connectivity index (χ3v) is 6.01. The van der Waals surface area contributed by atoms with Crippen LogP contribution in [0.4, 0.5) is 0 Å². The van der Waals surface area contributed by atoms with Crippen molar-refractivity contribution in [2.24, 2.45) is 0 Å². The van der Waals surface area contributed by atoms with E-state index in [1.165, 1.54) is 0 Å². The summed E-state index contributed by atoms with van der Waals surface area (Å²) in [5, 5.41) is 20.3. The summed E-state index contributed by atoms with van der Waals surface area (Å²) in [7, 11) is 0. The number of carboxylic acids is 1. The van der Waals surface area contributed by atoms with E-state index in [4.69, 9.17) is 16.3 Å². The molecule has 1 atom stereocenters. The number of aliphatic hydroxyl groups excluding tert-OH is 1. The summed E-state index contributed by atoms with van der Waals surface area (Å²) in [6.45, 7) is 1.74. The van der Waals surface area contributed by atoms with Gasteiger partial charge in [0.1, 0.15) is 23.2 Å². The number of benzene rings is 2. The number of rotatable bonds is 6. The lowest BCUT2D eigenvalue weighted by molar-refractivity contribution is 0.0696. The van der Waals surface area contributed by atoms with Crippen molar-refractivity contribution in [2.75, 3.05) is 0 Å². The molecule has 0 aliphatic carbocycles. The van der Waals surface area contributed by atoms with Crippen LogP contribution in [-0.2, 0) is 6.61 Å². The number of hydrogen-bond donors (Lipinski definition) is 2. The SMILES string of the molecule is C[C@@H](Oc1cc(-n2cnc3ccc(CO)cc32)sc1C(=O)O)c1ccccc1Cl. The molecule has 4 aromatic rings. The molecule has 0 radical (unpaired) electrons. The smallest absolute Gasteiger partial charge is 0.349 e. The molecule has 29 heavy (non-hydrogen) atoms. The largest absolute Gasteiger partial charge is 0.484 e. The van der Waals surface area contributed by atoms with Crippen molar-refractivity contribution >= 4 is 39.9 Å². The minimum Gasteiger partial charge on any atom is -0.484 e. The molecule has 148 valence electrons. The molecule has 0 saturated carbocycles. The molecule has 2 heterocycles. The number of ether oxygens (including phenoxy) is 1. The number of carbonyl (C=O) groups is 1. The Bertz CT molecular complexity index is 1200. The molecule has 2 aromatic carbocycles. The zero-order valence-corrected chi connectivity index (χ0v) is 16.9. The van der Waals surface area contributed by atoms with Crippen LogP contribution >= 0.6 is 22.9 Å². The van der Waals surface area contributed by atoms with Gasteiger partial charge in [0.2, 0.25) is 0 Å². The van der Waals surface area contributed by atoms with Crippen molar-refractivity contribution in [3.8, 4) is 10.8 Å². The Morgan fingerprint density at radius 3 is 2.79 bits per heavy atom. The van der Waals surface area contributed by atoms with Gasteiger partial charge in [-0.25, -0.2) is 9.78 Å². The molecule has 0 unspecified atom stereocenters. The summed E-state index contributed by atoms with van der Waals surface area (Å²) in [6.07, 6.45) is 1.20. The lowest BCUT2D eigenvalue weighted by Gasteiger charge is -2.15. The second-order valence-electron chi connectivity index (χ2n) is 6.46. The molecule has 2 aromatic heterocycles. The number of imidazole rings is 1. The van der Waals surface area contributed by atoms with E-state index in [1.807, 2.05) is 37.3 Å². The first-order valence-corrected chi connectivity index (χ1v) is 10.0. The minimum absolute atomic E-state index is 0.0877. The monoisotopic (exact) mass is 428 g/mol. The van der Waals surface area contributed by atoms with Crippen LogP contribution in [0.1, 0.15) is 33.8 Å². The summed E-state index contributed by atoms with van der Waals surface area (Å²) in [4.78, 5) is 16.3. The van der Waals surface area contributed by atoms with E-state index in [1.54, 1.807) is 29.1 Å². The Labute approximate surface area is 175 Å². The number of carboxylic acid groups (broad SMARTS) is 1. The molecule has 0 aliphatic rings. The third kappa shape index (κ3) is 3.72. The summed E-state index contributed by atoms with van der Waals surface area (Å²) in [6, 6.07) is 14.4. The minimum atomic E-state index is -1.07. The zero-order chi connectivity index (χ0) is 20.5. The van der Waals surface area contributed by atoms with Crippen molar-refractivity contribution < 1.29 is 19.7 Å². The first-order valence-electron chi connectivity index (χ1n) is 8.83. The number of halogens is 1. The Kier molecular flexibility index (Phi) is 5.27. The van der Waals surface area contributed by atoms with E-state index in [0.29, 0.717) is 10.0 Å². The lowest BCUT2D eigenvalue weighted by Crippen LogP contribution is -2.06. The standard InChI is InChI=1S/C21H17ClN2O4S/c1-12(14-4-2-3-5-15(14)22)28-18-9-19(29-20(18)21(26)27)24-11-23-16-7-6-13(10-25)8-17(16)24/h2-9,11-12,25H,10H2,1H3,(H,26,27)/t12-/m1/s1. The van der Waals surface area contributed by atoms with Gasteiger partial charge in [-0.3, -0.25) is 4.57 Å². The maximum atomic E-state index is 11.8. The summed E-state index contributed by atoms with van der Waals surface area (Å²) in [5.41, 5.74) is 3.05. The highest BCUT2D eigenvalue weighted by molar-refractivity contribution is 7.16. The van der Waals surface area contributed by atoms with Gasteiger partial charge in [0, 0.05) is 16.7 Å². The van der Waals surface area contributed by atoms with Gasteiger partial charge in [-0.05, 0) is 30.7 Å². The van der Waals surface area contributed by atoms with Gasteiger partial charge in [-0.2, -0.15) is 0 Å². The quantitative estimate of drug-likeness (QED) is 0.447. The van der Waals surface area contributed by atoms with Crippen LogP contribution in [0, 0.1) is 0 Å². The number of aromatic carboxylic acids is 1. The Morgan fingerprint density at radius 2 is 2.07 bits per heavy atom. The highest BCUT2D eigenvalue weighted by Crippen LogP contribution is 2.37. The van der Waals surface area contributed by atoms with Crippen molar-refractivity contribution in [1.82, 2.24) is 9.55 Å². The van der Waals surface area contributed by atoms with E-state index in [2.05, 4.69) is 4.98 Å². The summed E-state index contributed by atoms with van der Waals surface area (Å²) in [5.74, 6) is -0.798. The summed E-state index contributed by atoms with van der Waals surface area (Å²) < 4.78 is 7.77. The molecular formula is C21H17ClN2O4S. The molecule has 0 spiro atoms. The highest BCUT2D eigenvalue weighted by atomic mass is 35.5. The Balaban J connectivity index is 1.74. The number of nitrogens with zero attached hydrogens (tertiary/aromatic N) is 2. The van der Waals surface area contributed by atoms with Crippen LogP contribution in [0.3, 0.4) is 0 Å². The van der Waals surface area contributed by atoms with E-state index < -0.39 is 12.1 Å². The maximum absolute atomic E-state index is 11.8. The van der Waals surface area contributed by atoms with E-state index in [9.17, 15) is 15.0 Å². The van der Waals surface area contributed by atoms with Gasteiger partial charge in [0.25, 0.3) is 0 Å². The molecule has 6 nitrogen and oxygen atoms in total. The molecular weight excluding hydrogens is 412 g/mol. The maximum Gasteiger partial charge on any atom is 0.349 e. The first-order chi connectivity index (χ1) is 14.0. The van der Waals surface area contributed by atoms with Crippen LogP contribution in [-0.4, -0.2) is 25.7 Å². The van der Waals surface area contributed by atoms with Gasteiger partial charge in [-0.15, -0.1) is 11.3 Å². The normalized spacial score (nSPS) is 12.2. The number of aliphatic hydroxyl groups is 1. The second-order valence-corrected chi connectivity index (χ2v) is 7.90. The van der Waals surface area contributed by atoms with E-state index >= 15 is 0 Å². The number of fused-ring (bicyclic) bond motifs is 1. The fourth-order valence-electron chi connectivity index (χ4n) is 3.10. The summed E-state index contributed by atoms with van der Waals surface area (Å²) >= 11 is 7.34. The zero-order valence-electron chi connectivity index (χ0n) is 15.4. The fourth-order valence-corrected chi connectivity index (χ4v) is 4.31. The van der Waals surface area contributed by atoms with Crippen molar-refractivity contribution in [1.29, 1.82) is 0 Å². The van der Waals surface area contributed by atoms with Gasteiger partial charge in [0.15, 0.2) is 4.88 Å². The van der Waals surface area contributed by atoms with Gasteiger partial charge in [-0.1, -0.05) is 35.9 Å². The average molecular weight is 429 g/mol. The Hall–Kier alpha value is -2.87. The highest BCUT2D eigenvalue weighted by Gasteiger charge is 2.22. The predicted octanol–water partition coefficient (Wildman–Crippen LogP) is 5.07. The predicted molar refractivity (Wildman–Crippen MR) is 112 cm³/mol. The van der Waals surface area contributed by atoms with E-state index in [0.717, 1.165) is 33.5 Å². The third-order valence-electron chi connectivity index (χ3n) is 4.56. The molecule has 2 N–H and O–H groups in total. The van der Waals surface area contributed by atoms with Gasteiger partial charge < -0.3 is 14.9 Å². The molecule has 4 rings (SSSR count). The number of hydrogen-bond acceptors (Lipinski definition) is 5. The molecule has 0 saturated heterocycles. The number of aromatic nitrogens is 2. The van der Waals surface area contributed by atoms with Crippen molar-refractivity contribution in [3.63, 3.8) is 0 Å². The molecule has 0 bridgehead atoms.